The largest absolute Gasteiger partial charge is 0.490 e. The lowest BCUT2D eigenvalue weighted by Crippen LogP contribution is -2.23. The quantitative estimate of drug-likeness (QED) is 0.0847. The molecule has 0 saturated carbocycles. The second-order valence-corrected chi connectivity index (χ2v) is 10.7. The van der Waals surface area contributed by atoms with Crippen LogP contribution in [-0.4, -0.2) is 29.1 Å². The summed E-state index contributed by atoms with van der Waals surface area (Å²) in [5.41, 5.74) is 18.3. The highest BCUT2D eigenvalue weighted by Gasteiger charge is 2.38. The lowest BCUT2D eigenvalue weighted by atomic mass is 9.90. The Morgan fingerprint density at radius 1 is 0.796 bits per heavy atom. The number of carboxylic acid groups (broad SMARTS) is 1. The summed E-state index contributed by atoms with van der Waals surface area (Å²) in [5.74, 6) is -2.75. The van der Waals surface area contributed by atoms with Crippen LogP contribution in [0.1, 0.15) is 26.3 Å². The van der Waals surface area contributed by atoms with Gasteiger partial charge < -0.3 is 37.0 Å². The Bertz CT molecular complexity index is 2220. The fraction of sp³-hybridized carbons (Fsp3) is 0.0556. The fourth-order valence-corrected chi connectivity index (χ4v) is 4.95. The third kappa shape index (κ3) is 7.85. The normalized spacial score (nSPS) is 11.0. The van der Waals surface area contributed by atoms with E-state index in [2.05, 4.69) is 10.6 Å². The molecule has 0 saturated heterocycles. The molecule has 49 heavy (non-hydrogen) atoms. The molecule has 2 aliphatic rings. The maximum Gasteiger partial charge on any atom is 0.490 e. The molecule has 0 radical (unpaired) electrons. The van der Waals surface area contributed by atoms with Crippen LogP contribution < -0.4 is 27.5 Å². The number of hydrogen-bond donors (Lipinski definition) is 6. The van der Waals surface area contributed by atoms with Crippen molar-refractivity contribution < 1.29 is 37.1 Å². The van der Waals surface area contributed by atoms with Crippen LogP contribution in [0.5, 0.6) is 0 Å². The Balaban J connectivity index is 0.000000606. The molecule has 0 spiro atoms. The average molecular weight is 668 g/mol. The number of amides is 2. The molecule has 248 valence electrons. The predicted molar refractivity (Wildman–Crippen MR) is 179 cm³/mol. The zero-order valence-corrected chi connectivity index (χ0v) is 25.5. The minimum Gasteiger partial charge on any atom is -0.475 e. The van der Waals surface area contributed by atoms with Crippen molar-refractivity contribution in [2.45, 2.75) is 12.7 Å². The van der Waals surface area contributed by atoms with Gasteiger partial charge in [-0.3, -0.25) is 9.59 Å². The van der Waals surface area contributed by atoms with Crippen molar-refractivity contribution in [1.82, 2.24) is 5.32 Å². The first-order valence-electron chi connectivity index (χ1n) is 14.5. The number of rotatable bonds is 6. The molecule has 6 rings (SSSR count). The molecule has 0 aromatic heterocycles. The number of alkyl halides is 3. The molecule has 4 aromatic rings. The van der Waals surface area contributed by atoms with E-state index in [-0.39, 0.29) is 18.4 Å². The van der Waals surface area contributed by atoms with Gasteiger partial charge in [-0.25, -0.2) is 4.79 Å². The first kappa shape index (κ1) is 33.7. The second-order valence-electron chi connectivity index (χ2n) is 10.7. The van der Waals surface area contributed by atoms with Gasteiger partial charge >= 0.3 is 12.1 Å². The van der Waals surface area contributed by atoms with Gasteiger partial charge in [0.2, 0.25) is 0 Å². The van der Waals surface area contributed by atoms with Gasteiger partial charge in [-0.1, -0.05) is 42.5 Å². The van der Waals surface area contributed by atoms with Crippen LogP contribution in [0.3, 0.4) is 0 Å². The first-order valence-corrected chi connectivity index (χ1v) is 14.5. The smallest absolute Gasteiger partial charge is 0.475 e. The summed E-state index contributed by atoms with van der Waals surface area (Å²) < 4.78 is 37.8. The van der Waals surface area contributed by atoms with E-state index in [0.717, 1.165) is 27.6 Å². The number of aliphatic carboxylic acids is 1. The van der Waals surface area contributed by atoms with E-state index in [0.29, 0.717) is 44.9 Å². The van der Waals surface area contributed by atoms with Gasteiger partial charge in [0.25, 0.3) is 11.8 Å². The molecule has 0 bridgehead atoms. The van der Waals surface area contributed by atoms with Crippen molar-refractivity contribution >= 4 is 45.8 Å². The molecular weight excluding hydrogens is 639 g/mol. The van der Waals surface area contributed by atoms with Crippen molar-refractivity contribution in [2.75, 3.05) is 16.8 Å². The Morgan fingerprint density at radius 3 is 2.16 bits per heavy atom. The number of carboxylic acids is 1. The van der Waals surface area contributed by atoms with Crippen LogP contribution in [0.15, 0.2) is 114 Å². The second kappa shape index (κ2) is 14.0. The van der Waals surface area contributed by atoms with Crippen molar-refractivity contribution in [1.29, 1.82) is 5.41 Å². The first-order chi connectivity index (χ1) is 23.3. The maximum absolute atomic E-state index is 13.5. The number of nitrogens with two attached hydrogens (primary N) is 2. The molecular formula is C36H28F3N5O5. The summed E-state index contributed by atoms with van der Waals surface area (Å²) in [4.78, 5) is 35.1. The highest BCUT2D eigenvalue weighted by Crippen LogP contribution is 2.41. The maximum atomic E-state index is 13.5. The lowest BCUT2D eigenvalue weighted by Gasteiger charge is -2.18. The Hall–Kier alpha value is -6.63. The van der Waals surface area contributed by atoms with Gasteiger partial charge in [-0.05, 0) is 65.7 Å². The van der Waals surface area contributed by atoms with Crippen molar-refractivity contribution in [3.8, 4) is 22.5 Å². The SMILES string of the molecule is N=c1ccc2c(-c3ccccc3C(=O)NCc3ccc(C(=O)Nc4ccccc4N)cc3)c3ccc(N)cc3oc-2c1.O=C(O)C(F)(F)F. The molecule has 0 unspecified atom stereocenters. The molecule has 0 fully saturated rings. The third-order valence-corrected chi connectivity index (χ3v) is 7.31. The summed E-state index contributed by atoms with van der Waals surface area (Å²) in [6.45, 7) is 0.269. The molecule has 1 aliphatic carbocycles. The van der Waals surface area contributed by atoms with E-state index in [4.69, 9.17) is 31.2 Å². The van der Waals surface area contributed by atoms with Crippen LogP contribution in [0.25, 0.3) is 33.4 Å². The molecule has 10 nitrogen and oxygen atoms in total. The monoisotopic (exact) mass is 667 g/mol. The van der Waals surface area contributed by atoms with Gasteiger partial charge in [0.15, 0.2) is 0 Å². The number of hydrogen-bond acceptors (Lipinski definition) is 7. The molecule has 1 aliphatic heterocycles. The van der Waals surface area contributed by atoms with Crippen molar-refractivity contribution in [3.05, 3.63) is 131 Å². The zero-order valence-electron chi connectivity index (χ0n) is 25.5. The number of anilines is 3. The highest BCUT2D eigenvalue weighted by molar-refractivity contribution is 6.09. The lowest BCUT2D eigenvalue weighted by molar-refractivity contribution is -0.192. The van der Waals surface area contributed by atoms with Gasteiger partial charge in [0.05, 0.1) is 16.7 Å². The number of carbonyl (C=O) groups is 3. The van der Waals surface area contributed by atoms with Gasteiger partial charge in [-0.2, -0.15) is 13.2 Å². The summed E-state index contributed by atoms with van der Waals surface area (Å²) in [5, 5.41) is 22.1. The van der Waals surface area contributed by atoms with E-state index in [1.165, 1.54) is 0 Å². The summed E-state index contributed by atoms with van der Waals surface area (Å²) in [7, 11) is 0. The summed E-state index contributed by atoms with van der Waals surface area (Å²) >= 11 is 0. The van der Waals surface area contributed by atoms with E-state index in [1.807, 2.05) is 30.3 Å². The topological polar surface area (TPSA) is 185 Å². The van der Waals surface area contributed by atoms with E-state index in [1.54, 1.807) is 78.9 Å². The molecule has 1 heterocycles. The van der Waals surface area contributed by atoms with Crippen LogP contribution in [0, 0.1) is 5.41 Å². The van der Waals surface area contributed by atoms with Crippen molar-refractivity contribution in [2.24, 2.45) is 0 Å². The zero-order chi connectivity index (χ0) is 35.3. The molecule has 2 amide bonds. The van der Waals surface area contributed by atoms with Crippen LogP contribution >= 0.6 is 0 Å². The summed E-state index contributed by atoms with van der Waals surface area (Å²) in [6.07, 6.45) is -5.08. The standard InChI is InChI=1S/C34H27N5O3.C2HF3O2/c35-22-13-15-26-30(17-22)42-31-18-23(36)14-16-27(31)32(26)24-5-1-2-6-25(24)34(41)38-19-20-9-11-21(12-10-20)33(40)39-29-8-4-3-7-28(29)37;3-2(4,5)1(6)7/h1-18,35H,19,36-37H2,(H,38,41)(H,39,40);(H,6,7). The van der Waals surface area contributed by atoms with Crippen molar-refractivity contribution in [3.63, 3.8) is 0 Å². The minimum absolute atomic E-state index is 0.248. The number of nitrogens with one attached hydrogen (secondary N) is 3. The van der Waals surface area contributed by atoms with Crippen LogP contribution in [-0.2, 0) is 11.3 Å². The Labute approximate surface area is 276 Å². The molecule has 8 N–H and O–H groups in total. The third-order valence-electron chi connectivity index (χ3n) is 7.31. The molecule has 4 aromatic carbocycles. The molecule has 0 atom stereocenters. The Kier molecular flexibility index (Phi) is 9.64. The minimum atomic E-state index is -5.08. The number of halogens is 3. The van der Waals surface area contributed by atoms with E-state index >= 15 is 0 Å². The number of benzene rings is 5. The van der Waals surface area contributed by atoms with Gasteiger partial charge in [0.1, 0.15) is 11.3 Å². The molecule has 13 heteroatoms. The van der Waals surface area contributed by atoms with E-state index in [9.17, 15) is 22.8 Å². The van der Waals surface area contributed by atoms with E-state index < -0.39 is 12.1 Å². The number of para-hydroxylation sites is 2. The Morgan fingerprint density at radius 2 is 1.47 bits per heavy atom. The number of fused-ring (bicyclic) bond motifs is 2. The van der Waals surface area contributed by atoms with Crippen LogP contribution in [0.4, 0.5) is 30.2 Å². The fourth-order valence-electron chi connectivity index (χ4n) is 4.95. The van der Waals surface area contributed by atoms with Crippen LogP contribution in [0.2, 0.25) is 0 Å². The number of carbonyl (C=O) groups excluding carboxylic acids is 2. The summed E-state index contributed by atoms with van der Waals surface area (Å²) in [6, 6.07) is 32.1. The number of nitrogen functional groups attached to an aromatic ring is 2. The van der Waals surface area contributed by atoms with Gasteiger partial charge in [-0.15, -0.1) is 0 Å². The van der Waals surface area contributed by atoms with Gasteiger partial charge in [0, 0.05) is 52.0 Å². The average Bonchev–Trinajstić information content (AvgIpc) is 3.07. The highest BCUT2D eigenvalue weighted by atomic mass is 19.4. The predicted octanol–water partition coefficient (Wildman–Crippen LogP) is 6.66.